The third kappa shape index (κ3) is 4.07. The lowest BCUT2D eigenvalue weighted by Gasteiger charge is -2.54. The van der Waals surface area contributed by atoms with E-state index in [9.17, 15) is 15.3 Å². The van der Waals surface area contributed by atoms with Crippen LogP contribution in [-0.2, 0) is 0 Å². The molecule has 0 unspecified atom stereocenters. The average molecular weight is 443 g/mol. The topological polar surface area (TPSA) is 60.7 Å². The lowest BCUT2D eigenvalue weighted by molar-refractivity contribution is 0.0225. The Morgan fingerprint density at radius 1 is 1.19 bits per heavy atom. The normalized spacial score (nSPS) is 38.7. The van der Waals surface area contributed by atoms with Gasteiger partial charge in [-0.25, -0.2) is 0 Å². The number of hydrogen-bond acceptors (Lipinski definition) is 3. The van der Waals surface area contributed by atoms with Gasteiger partial charge in [-0.3, -0.25) is 0 Å². The second-order valence-corrected chi connectivity index (χ2v) is 12.4. The lowest BCUT2D eigenvalue weighted by atomic mass is 9.51. The third-order valence-corrected chi connectivity index (χ3v) is 10.2. The van der Waals surface area contributed by atoms with E-state index in [1.807, 2.05) is 13.8 Å². The molecule has 0 aliphatic heterocycles. The molecule has 0 saturated heterocycles. The summed E-state index contributed by atoms with van der Waals surface area (Å²) in [6.45, 7) is 11.1. The van der Waals surface area contributed by atoms with E-state index in [4.69, 9.17) is 0 Å². The highest BCUT2D eigenvalue weighted by atomic mass is 16.3. The van der Waals surface area contributed by atoms with Crippen LogP contribution in [-0.4, -0.2) is 33.6 Å². The van der Waals surface area contributed by atoms with Gasteiger partial charge in [-0.1, -0.05) is 38.5 Å². The Hall–Kier alpha value is -0.900. The summed E-state index contributed by atoms with van der Waals surface area (Å²) in [4.78, 5) is 0. The van der Waals surface area contributed by atoms with E-state index in [2.05, 4.69) is 26.8 Å². The van der Waals surface area contributed by atoms with Crippen molar-refractivity contribution in [1.82, 2.24) is 0 Å². The standard InChI is InChI=1S/C29H46O3/c1-19(6-7-20(14-17-30)27(2,3)32)24-10-11-25-23-9-8-21-18-22(31)12-15-28(21,4)26(23)13-16-29(24,25)5/h11,14,19,21-22,24,30-32H,6-10,12-13,15-18H2,1-5H3/b20-14+/t19-,21+,22+,24-,28+,29-/m1/s1. The third-order valence-electron chi connectivity index (χ3n) is 10.2. The molecular formula is C29H46O3. The first-order valence-corrected chi connectivity index (χ1v) is 13.1. The molecule has 0 aromatic carbocycles. The van der Waals surface area contributed by atoms with Crippen molar-refractivity contribution in [2.24, 2.45) is 28.6 Å². The molecule has 4 aliphatic rings. The number of aliphatic hydroxyl groups is 3. The van der Waals surface area contributed by atoms with Crippen LogP contribution in [0, 0.1) is 28.6 Å². The van der Waals surface area contributed by atoms with Crippen LogP contribution in [0.3, 0.4) is 0 Å². The van der Waals surface area contributed by atoms with Gasteiger partial charge in [0.25, 0.3) is 0 Å². The van der Waals surface area contributed by atoms with Crippen LogP contribution in [0.5, 0.6) is 0 Å². The number of rotatable bonds is 6. The predicted octanol–water partition coefficient (Wildman–Crippen LogP) is 6.10. The second kappa shape index (κ2) is 8.71. The van der Waals surface area contributed by atoms with Crippen LogP contribution < -0.4 is 0 Å². The number of aliphatic hydroxyl groups excluding tert-OH is 2. The van der Waals surface area contributed by atoms with Crippen molar-refractivity contribution >= 4 is 0 Å². The van der Waals surface area contributed by atoms with Gasteiger partial charge < -0.3 is 15.3 Å². The second-order valence-electron chi connectivity index (χ2n) is 12.4. The van der Waals surface area contributed by atoms with Gasteiger partial charge in [-0.15, -0.1) is 0 Å². The van der Waals surface area contributed by atoms with Gasteiger partial charge in [0.1, 0.15) is 0 Å². The molecule has 0 bridgehead atoms. The summed E-state index contributed by atoms with van der Waals surface area (Å²) in [5, 5.41) is 30.1. The number of fused-ring (bicyclic) bond motifs is 4. The largest absolute Gasteiger partial charge is 0.393 e. The van der Waals surface area contributed by atoms with E-state index in [1.165, 1.54) is 32.1 Å². The van der Waals surface area contributed by atoms with Crippen LogP contribution in [0.15, 0.2) is 34.4 Å². The zero-order chi connectivity index (χ0) is 23.3. The van der Waals surface area contributed by atoms with Crippen molar-refractivity contribution in [2.75, 3.05) is 6.61 Å². The van der Waals surface area contributed by atoms with Crippen molar-refractivity contribution in [2.45, 2.75) is 111 Å². The molecule has 6 atom stereocenters. The van der Waals surface area contributed by atoms with Crippen LogP contribution in [0.25, 0.3) is 0 Å². The Morgan fingerprint density at radius 2 is 1.94 bits per heavy atom. The molecule has 0 heterocycles. The Bertz CT molecular complexity index is 813. The summed E-state index contributed by atoms with van der Waals surface area (Å²) < 4.78 is 0. The molecule has 0 aromatic rings. The Labute approximate surface area is 195 Å². The van der Waals surface area contributed by atoms with Gasteiger partial charge in [0.15, 0.2) is 0 Å². The molecule has 1 saturated carbocycles. The monoisotopic (exact) mass is 442 g/mol. The van der Waals surface area contributed by atoms with Crippen LogP contribution in [0.4, 0.5) is 0 Å². The van der Waals surface area contributed by atoms with Gasteiger partial charge >= 0.3 is 0 Å². The molecular weight excluding hydrogens is 396 g/mol. The Kier molecular flexibility index (Phi) is 6.59. The van der Waals surface area contributed by atoms with Crippen molar-refractivity contribution < 1.29 is 15.3 Å². The lowest BCUT2D eigenvalue weighted by Crippen LogP contribution is -2.44. The van der Waals surface area contributed by atoms with Gasteiger partial charge in [0.05, 0.1) is 18.3 Å². The quantitative estimate of drug-likeness (QED) is 0.436. The zero-order valence-electron chi connectivity index (χ0n) is 21.1. The van der Waals surface area contributed by atoms with Crippen molar-refractivity contribution in [1.29, 1.82) is 0 Å². The summed E-state index contributed by atoms with van der Waals surface area (Å²) >= 11 is 0. The molecule has 3 N–H and O–H groups in total. The first-order chi connectivity index (χ1) is 15.0. The first-order valence-electron chi connectivity index (χ1n) is 13.1. The summed E-state index contributed by atoms with van der Waals surface area (Å²) in [7, 11) is 0. The van der Waals surface area contributed by atoms with E-state index < -0.39 is 5.60 Å². The highest BCUT2D eigenvalue weighted by Gasteiger charge is 2.52. The molecule has 1 fully saturated rings. The smallest absolute Gasteiger partial charge is 0.0801 e. The minimum atomic E-state index is -0.863. The highest BCUT2D eigenvalue weighted by molar-refractivity contribution is 5.49. The van der Waals surface area contributed by atoms with Crippen LogP contribution >= 0.6 is 0 Å². The van der Waals surface area contributed by atoms with Gasteiger partial charge in [-0.2, -0.15) is 0 Å². The average Bonchev–Trinajstić information content (AvgIpc) is 3.08. The summed E-state index contributed by atoms with van der Waals surface area (Å²) in [5.74, 6) is 1.89. The molecule has 0 spiro atoms. The maximum atomic E-state index is 10.5. The molecule has 3 heteroatoms. The Morgan fingerprint density at radius 3 is 2.62 bits per heavy atom. The van der Waals surface area contributed by atoms with E-state index in [0.29, 0.717) is 23.2 Å². The van der Waals surface area contributed by atoms with Crippen LogP contribution in [0.2, 0.25) is 0 Å². The van der Waals surface area contributed by atoms with Gasteiger partial charge in [-0.05, 0) is 123 Å². The van der Waals surface area contributed by atoms with Crippen molar-refractivity contribution in [3.8, 4) is 0 Å². The Balaban J connectivity index is 1.51. The molecule has 32 heavy (non-hydrogen) atoms. The van der Waals surface area contributed by atoms with Crippen molar-refractivity contribution in [3.05, 3.63) is 34.4 Å². The molecule has 0 aromatic heterocycles. The molecule has 3 nitrogen and oxygen atoms in total. The summed E-state index contributed by atoms with van der Waals surface area (Å²) in [6.07, 6.45) is 15.4. The predicted molar refractivity (Wildman–Crippen MR) is 131 cm³/mol. The maximum absolute atomic E-state index is 10.5. The summed E-state index contributed by atoms with van der Waals surface area (Å²) in [5.41, 5.74) is 5.77. The van der Waals surface area contributed by atoms with E-state index in [1.54, 1.807) is 22.8 Å². The first kappa shape index (κ1) is 24.2. The SMILES string of the molecule is C[C@H](CC/C(=C\CO)C(C)(C)O)[C@H]1CC=C2C3=C(CC[C@@]21C)[C@@]1(C)CC[C@H](O)C[C@@H]1CC3. The minimum Gasteiger partial charge on any atom is -0.393 e. The maximum Gasteiger partial charge on any atom is 0.0801 e. The van der Waals surface area contributed by atoms with Gasteiger partial charge in [0, 0.05) is 0 Å². The van der Waals surface area contributed by atoms with Crippen LogP contribution in [0.1, 0.15) is 98.8 Å². The molecule has 4 aliphatic carbocycles. The van der Waals surface area contributed by atoms with E-state index in [-0.39, 0.29) is 18.1 Å². The minimum absolute atomic E-state index is 0.00568. The van der Waals surface area contributed by atoms with Gasteiger partial charge in [0.2, 0.25) is 0 Å². The molecule has 0 amide bonds. The van der Waals surface area contributed by atoms with E-state index >= 15 is 0 Å². The fraction of sp³-hybridized carbons (Fsp3) is 0.793. The zero-order valence-corrected chi connectivity index (χ0v) is 21.1. The number of hydrogen-bond donors (Lipinski definition) is 3. The fourth-order valence-electron chi connectivity index (χ4n) is 8.08. The fourth-order valence-corrected chi connectivity index (χ4v) is 8.08. The molecule has 4 rings (SSSR count). The molecule has 180 valence electrons. The summed E-state index contributed by atoms with van der Waals surface area (Å²) in [6, 6.07) is 0. The number of allylic oxidation sites excluding steroid dienone is 4. The highest BCUT2D eigenvalue weighted by Crippen LogP contribution is 2.64. The van der Waals surface area contributed by atoms with E-state index in [0.717, 1.165) is 37.7 Å². The van der Waals surface area contributed by atoms with Crippen molar-refractivity contribution in [3.63, 3.8) is 0 Å². The molecule has 0 radical (unpaired) electrons.